The van der Waals surface area contributed by atoms with Gasteiger partial charge in [0.1, 0.15) is 0 Å². The molecule has 0 fully saturated rings. The molecule has 0 aliphatic heterocycles. The third-order valence-corrected chi connectivity index (χ3v) is 2.03. The van der Waals surface area contributed by atoms with Crippen molar-refractivity contribution in [2.45, 2.75) is 12.5 Å². The number of hydrogen-bond acceptors (Lipinski definition) is 3. The Bertz CT molecular complexity index is 325. The van der Waals surface area contributed by atoms with Gasteiger partial charge in [0.05, 0.1) is 5.56 Å². The molecule has 4 heteroatoms. The lowest BCUT2D eigenvalue weighted by atomic mass is 9.99. The monoisotopic (exact) mass is 195 g/mol. The van der Waals surface area contributed by atoms with Crippen LogP contribution in [0.1, 0.15) is 28.4 Å². The van der Waals surface area contributed by atoms with Crippen LogP contribution in [-0.4, -0.2) is 22.8 Å². The van der Waals surface area contributed by atoms with Crippen LogP contribution in [0.5, 0.6) is 0 Å². The van der Waals surface area contributed by atoms with Gasteiger partial charge in [0.2, 0.25) is 0 Å². The molecule has 0 spiro atoms. The minimum atomic E-state index is -0.992. The standard InChI is InChI=1S/C10H13NO3/c11-9(5-6-12)7-3-1-2-4-8(7)10(13)14/h1-4,9,12H,5-6,11H2,(H,13,14)/t9-/m1/s1. The van der Waals surface area contributed by atoms with Gasteiger partial charge in [-0.15, -0.1) is 0 Å². The number of aliphatic hydroxyl groups excluding tert-OH is 1. The van der Waals surface area contributed by atoms with Crippen molar-refractivity contribution in [2.24, 2.45) is 5.73 Å². The Morgan fingerprint density at radius 3 is 2.64 bits per heavy atom. The summed E-state index contributed by atoms with van der Waals surface area (Å²) in [5, 5.41) is 17.6. The van der Waals surface area contributed by atoms with Crippen molar-refractivity contribution in [1.82, 2.24) is 0 Å². The lowest BCUT2D eigenvalue weighted by Crippen LogP contribution is -2.16. The molecule has 1 atom stereocenters. The minimum Gasteiger partial charge on any atom is -0.478 e. The van der Waals surface area contributed by atoms with Crippen molar-refractivity contribution in [3.05, 3.63) is 35.4 Å². The molecular formula is C10H13NO3. The number of carbonyl (C=O) groups is 1. The van der Waals surface area contributed by atoms with E-state index in [1.807, 2.05) is 0 Å². The zero-order valence-corrected chi connectivity index (χ0v) is 7.68. The van der Waals surface area contributed by atoms with Crippen LogP contribution in [0.3, 0.4) is 0 Å². The first-order valence-corrected chi connectivity index (χ1v) is 4.35. The van der Waals surface area contributed by atoms with E-state index in [0.29, 0.717) is 12.0 Å². The second kappa shape index (κ2) is 4.74. The summed E-state index contributed by atoms with van der Waals surface area (Å²) in [6.07, 6.45) is 0.365. The van der Waals surface area contributed by atoms with E-state index >= 15 is 0 Å². The molecule has 76 valence electrons. The molecule has 0 saturated carbocycles. The van der Waals surface area contributed by atoms with Gasteiger partial charge in [-0.1, -0.05) is 18.2 Å². The van der Waals surface area contributed by atoms with E-state index in [-0.39, 0.29) is 12.2 Å². The highest BCUT2D eigenvalue weighted by molar-refractivity contribution is 5.89. The van der Waals surface area contributed by atoms with Crippen LogP contribution in [0.25, 0.3) is 0 Å². The molecule has 0 heterocycles. The van der Waals surface area contributed by atoms with Crippen LogP contribution >= 0.6 is 0 Å². The Labute approximate surface area is 82.0 Å². The maximum Gasteiger partial charge on any atom is 0.336 e. The number of aromatic carboxylic acids is 1. The quantitative estimate of drug-likeness (QED) is 0.662. The second-order valence-electron chi connectivity index (χ2n) is 3.01. The molecule has 0 radical (unpaired) electrons. The topological polar surface area (TPSA) is 83.5 Å². The van der Waals surface area contributed by atoms with Gasteiger partial charge in [-0.05, 0) is 18.1 Å². The van der Waals surface area contributed by atoms with Crippen LogP contribution in [-0.2, 0) is 0 Å². The molecule has 0 amide bonds. The zero-order chi connectivity index (χ0) is 10.6. The molecular weight excluding hydrogens is 182 g/mol. The molecule has 0 unspecified atom stereocenters. The largest absolute Gasteiger partial charge is 0.478 e. The van der Waals surface area contributed by atoms with E-state index in [2.05, 4.69) is 0 Å². The van der Waals surface area contributed by atoms with Crippen LogP contribution in [0, 0.1) is 0 Å². The first-order valence-electron chi connectivity index (χ1n) is 4.35. The summed E-state index contributed by atoms with van der Waals surface area (Å²) in [4.78, 5) is 10.8. The van der Waals surface area contributed by atoms with Crippen molar-refractivity contribution in [3.63, 3.8) is 0 Å². The smallest absolute Gasteiger partial charge is 0.336 e. The Morgan fingerprint density at radius 1 is 1.43 bits per heavy atom. The molecule has 4 nitrogen and oxygen atoms in total. The predicted octanol–water partition coefficient (Wildman–Crippen LogP) is 0.767. The summed E-state index contributed by atoms with van der Waals surface area (Å²) >= 11 is 0. The maximum absolute atomic E-state index is 10.8. The number of nitrogens with two attached hydrogens (primary N) is 1. The fraction of sp³-hybridized carbons (Fsp3) is 0.300. The van der Waals surface area contributed by atoms with Crippen molar-refractivity contribution in [3.8, 4) is 0 Å². The van der Waals surface area contributed by atoms with E-state index in [0.717, 1.165) is 0 Å². The third kappa shape index (κ3) is 2.31. The van der Waals surface area contributed by atoms with Crippen molar-refractivity contribution in [1.29, 1.82) is 0 Å². The average molecular weight is 195 g/mol. The fourth-order valence-electron chi connectivity index (χ4n) is 1.31. The normalized spacial score (nSPS) is 12.4. The highest BCUT2D eigenvalue weighted by Crippen LogP contribution is 2.18. The Balaban J connectivity index is 3.00. The molecule has 0 aliphatic rings. The fourth-order valence-corrected chi connectivity index (χ4v) is 1.31. The number of carboxylic acid groups (broad SMARTS) is 1. The van der Waals surface area contributed by atoms with E-state index in [1.165, 1.54) is 6.07 Å². The first-order chi connectivity index (χ1) is 6.66. The lowest BCUT2D eigenvalue weighted by molar-refractivity contribution is 0.0694. The molecule has 1 aromatic rings. The van der Waals surface area contributed by atoms with Gasteiger partial charge in [-0.3, -0.25) is 0 Å². The van der Waals surface area contributed by atoms with Crippen LogP contribution in [0.4, 0.5) is 0 Å². The van der Waals surface area contributed by atoms with E-state index in [4.69, 9.17) is 15.9 Å². The Kier molecular flexibility index (Phi) is 3.62. The van der Waals surface area contributed by atoms with Crippen molar-refractivity contribution < 1.29 is 15.0 Å². The number of benzene rings is 1. The summed E-state index contributed by atoms with van der Waals surface area (Å²) in [6.45, 7) is -0.0465. The third-order valence-electron chi connectivity index (χ3n) is 2.03. The van der Waals surface area contributed by atoms with E-state index < -0.39 is 12.0 Å². The summed E-state index contributed by atoms with van der Waals surface area (Å²) < 4.78 is 0. The maximum atomic E-state index is 10.8. The van der Waals surface area contributed by atoms with Gasteiger partial charge in [0.15, 0.2) is 0 Å². The van der Waals surface area contributed by atoms with Gasteiger partial charge in [0.25, 0.3) is 0 Å². The predicted molar refractivity (Wildman–Crippen MR) is 52.0 cm³/mol. The minimum absolute atomic E-state index is 0.0465. The Hall–Kier alpha value is -1.39. The SMILES string of the molecule is N[C@H](CCO)c1ccccc1C(=O)O. The molecule has 0 aromatic heterocycles. The molecule has 14 heavy (non-hydrogen) atoms. The first kappa shape index (κ1) is 10.7. The van der Waals surface area contributed by atoms with E-state index in [1.54, 1.807) is 18.2 Å². The van der Waals surface area contributed by atoms with Crippen LogP contribution in [0.2, 0.25) is 0 Å². The number of carboxylic acids is 1. The average Bonchev–Trinajstić information content (AvgIpc) is 2.18. The molecule has 0 aliphatic carbocycles. The van der Waals surface area contributed by atoms with Crippen LogP contribution in [0.15, 0.2) is 24.3 Å². The lowest BCUT2D eigenvalue weighted by Gasteiger charge is -2.12. The number of hydrogen-bond donors (Lipinski definition) is 3. The Morgan fingerprint density at radius 2 is 2.07 bits per heavy atom. The van der Waals surface area contributed by atoms with Crippen molar-refractivity contribution >= 4 is 5.97 Å². The summed E-state index contributed by atoms with van der Waals surface area (Å²) in [5.41, 5.74) is 6.49. The van der Waals surface area contributed by atoms with Gasteiger partial charge < -0.3 is 15.9 Å². The van der Waals surface area contributed by atoms with Crippen molar-refractivity contribution in [2.75, 3.05) is 6.61 Å². The molecule has 0 bridgehead atoms. The van der Waals surface area contributed by atoms with E-state index in [9.17, 15) is 4.79 Å². The molecule has 0 saturated heterocycles. The highest BCUT2D eigenvalue weighted by Gasteiger charge is 2.14. The number of rotatable bonds is 4. The van der Waals surface area contributed by atoms with Gasteiger partial charge in [-0.25, -0.2) is 4.79 Å². The van der Waals surface area contributed by atoms with Gasteiger partial charge in [0, 0.05) is 12.6 Å². The summed E-state index contributed by atoms with van der Waals surface area (Å²) in [6, 6.07) is 6.14. The molecule has 1 rings (SSSR count). The highest BCUT2D eigenvalue weighted by atomic mass is 16.4. The van der Waals surface area contributed by atoms with Gasteiger partial charge in [-0.2, -0.15) is 0 Å². The summed E-state index contributed by atoms with van der Waals surface area (Å²) in [7, 11) is 0. The second-order valence-corrected chi connectivity index (χ2v) is 3.01. The number of aliphatic hydroxyl groups is 1. The molecule has 4 N–H and O–H groups in total. The summed E-state index contributed by atoms with van der Waals surface area (Å²) in [5.74, 6) is -0.992. The van der Waals surface area contributed by atoms with Crippen LogP contribution < -0.4 is 5.73 Å². The van der Waals surface area contributed by atoms with Gasteiger partial charge >= 0.3 is 5.97 Å². The molecule has 1 aromatic carbocycles. The zero-order valence-electron chi connectivity index (χ0n) is 7.68.